The van der Waals surface area contributed by atoms with E-state index in [0.29, 0.717) is 24.3 Å². The Morgan fingerprint density at radius 3 is 2.95 bits per heavy atom. The first-order chi connectivity index (χ1) is 9.78. The summed E-state index contributed by atoms with van der Waals surface area (Å²) in [5.41, 5.74) is 6.29. The molecule has 0 aliphatic carbocycles. The molecule has 3 rings (SSSR count). The van der Waals surface area contributed by atoms with Crippen molar-refractivity contribution in [2.24, 2.45) is 5.73 Å². The fourth-order valence-corrected chi connectivity index (χ4v) is 1.82. The van der Waals surface area contributed by atoms with Crippen LogP contribution in [0.1, 0.15) is 0 Å². The van der Waals surface area contributed by atoms with Gasteiger partial charge in [-0.15, -0.1) is 0 Å². The van der Waals surface area contributed by atoms with Gasteiger partial charge >= 0.3 is 0 Å². The monoisotopic (exact) mass is 273 g/mol. The van der Waals surface area contributed by atoms with Crippen LogP contribution in [0.25, 0.3) is 23.0 Å². The molecule has 20 heavy (non-hydrogen) atoms. The molecule has 0 atom stereocenters. The molecule has 1 aromatic carbocycles. The number of aromatic nitrogens is 4. The van der Waals surface area contributed by atoms with Crippen LogP contribution in [0.5, 0.6) is 0 Å². The van der Waals surface area contributed by atoms with Gasteiger partial charge in [0.15, 0.2) is 0 Å². The molecule has 2 aromatic heterocycles. The summed E-state index contributed by atoms with van der Waals surface area (Å²) in [6.07, 6.45) is 3.39. The second-order valence-electron chi connectivity index (χ2n) is 4.19. The van der Waals surface area contributed by atoms with Crippen LogP contribution in [-0.4, -0.2) is 26.2 Å². The lowest BCUT2D eigenvalue weighted by atomic mass is 10.2. The van der Waals surface area contributed by atoms with Gasteiger partial charge in [-0.05, 0) is 12.1 Å². The standard InChI is InChI=1S/C13H12FN5O/c14-10-4-2-1-3-9(10)12-17-13(20-18-12)11-7-19(6-5-15)8-16-11/h1-4,7-8H,5-6,15H2. The van der Waals surface area contributed by atoms with Crippen molar-refractivity contribution < 1.29 is 8.91 Å². The van der Waals surface area contributed by atoms with Gasteiger partial charge in [-0.1, -0.05) is 17.3 Å². The summed E-state index contributed by atoms with van der Waals surface area (Å²) in [5.74, 6) is 0.0546. The predicted molar refractivity (Wildman–Crippen MR) is 70.0 cm³/mol. The third kappa shape index (κ3) is 2.30. The van der Waals surface area contributed by atoms with Gasteiger partial charge in [0, 0.05) is 19.3 Å². The van der Waals surface area contributed by atoms with E-state index in [1.165, 1.54) is 6.07 Å². The van der Waals surface area contributed by atoms with Gasteiger partial charge < -0.3 is 14.8 Å². The second-order valence-corrected chi connectivity index (χ2v) is 4.19. The van der Waals surface area contributed by atoms with Crippen LogP contribution in [0.3, 0.4) is 0 Å². The summed E-state index contributed by atoms with van der Waals surface area (Å²) in [6.45, 7) is 1.17. The molecule has 3 aromatic rings. The van der Waals surface area contributed by atoms with Crippen LogP contribution in [0.2, 0.25) is 0 Å². The highest BCUT2D eigenvalue weighted by Gasteiger charge is 2.15. The van der Waals surface area contributed by atoms with Crippen molar-refractivity contribution in [3.05, 3.63) is 42.6 Å². The molecule has 0 amide bonds. The molecular formula is C13H12FN5O. The Morgan fingerprint density at radius 2 is 2.15 bits per heavy atom. The topological polar surface area (TPSA) is 82.8 Å². The van der Waals surface area contributed by atoms with Crippen LogP contribution < -0.4 is 5.73 Å². The summed E-state index contributed by atoms with van der Waals surface area (Å²) in [5, 5.41) is 3.78. The summed E-state index contributed by atoms with van der Waals surface area (Å²) in [4.78, 5) is 8.31. The molecule has 0 radical (unpaired) electrons. The molecule has 0 saturated heterocycles. The van der Waals surface area contributed by atoms with Crippen LogP contribution in [-0.2, 0) is 6.54 Å². The number of halogens is 1. The van der Waals surface area contributed by atoms with E-state index in [-0.39, 0.29) is 11.7 Å². The third-order valence-corrected chi connectivity index (χ3v) is 2.78. The third-order valence-electron chi connectivity index (χ3n) is 2.78. The molecule has 0 aliphatic heterocycles. The Hall–Kier alpha value is -2.54. The SMILES string of the molecule is NCCn1cnc(-c2nc(-c3ccccc3F)no2)c1. The van der Waals surface area contributed by atoms with Crippen LogP contribution in [0.15, 0.2) is 41.3 Å². The van der Waals surface area contributed by atoms with E-state index in [4.69, 9.17) is 10.3 Å². The Balaban J connectivity index is 1.91. The first kappa shape index (κ1) is 12.5. The lowest BCUT2D eigenvalue weighted by molar-refractivity contribution is 0.430. The molecule has 2 N–H and O–H groups in total. The Kier molecular flexibility index (Phi) is 3.26. The summed E-state index contributed by atoms with van der Waals surface area (Å²) < 4.78 is 20.6. The molecule has 6 nitrogen and oxygen atoms in total. The summed E-state index contributed by atoms with van der Waals surface area (Å²) in [6, 6.07) is 6.26. The number of nitrogens with zero attached hydrogens (tertiary/aromatic N) is 4. The molecule has 2 heterocycles. The average molecular weight is 273 g/mol. The van der Waals surface area contributed by atoms with E-state index in [9.17, 15) is 4.39 Å². The van der Waals surface area contributed by atoms with E-state index in [2.05, 4.69) is 15.1 Å². The maximum atomic E-state index is 13.6. The second kappa shape index (κ2) is 5.22. The van der Waals surface area contributed by atoms with Crippen molar-refractivity contribution in [3.8, 4) is 23.0 Å². The Morgan fingerprint density at radius 1 is 1.30 bits per heavy atom. The van der Waals surface area contributed by atoms with Crippen molar-refractivity contribution in [3.63, 3.8) is 0 Å². The molecule has 0 saturated carbocycles. The van der Waals surface area contributed by atoms with Crippen LogP contribution in [0, 0.1) is 5.82 Å². The molecule has 0 unspecified atom stereocenters. The number of imidazole rings is 1. The molecule has 102 valence electrons. The number of benzene rings is 1. The van der Waals surface area contributed by atoms with Gasteiger partial charge in [0.2, 0.25) is 5.82 Å². The minimum Gasteiger partial charge on any atom is -0.335 e. The van der Waals surface area contributed by atoms with Gasteiger partial charge in [0.1, 0.15) is 11.5 Å². The first-order valence-corrected chi connectivity index (χ1v) is 6.09. The van der Waals surface area contributed by atoms with Crippen molar-refractivity contribution in [1.29, 1.82) is 0 Å². The van der Waals surface area contributed by atoms with E-state index >= 15 is 0 Å². The van der Waals surface area contributed by atoms with Gasteiger partial charge in [0.25, 0.3) is 5.89 Å². The maximum Gasteiger partial charge on any atom is 0.278 e. The minimum atomic E-state index is -0.395. The predicted octanol–water partition coefficient (Wildman–Crippen LogP) is 1.70. The van der Waals surface area contributed by atoms with E-state index in [0.717, 1.165) is 0 Å². The summed E-state index contributed by atoms with van der Waals surface area (Å²) >= 11 is 0. The first-order valence-electron chi connectivity index (χ1n) is 6.09. The zero-order valence-electron chi connectivity index (χ0n) is 10.5. The zero-order chi connectivity index (χ0) is 13.9. The Bertz CT molecular complexity index is 721. The largest absolute Gasteiger partial charge is 0.335 e. The van der Waals surface area contributed by atoms with Crippen LogP contribution >= 0.6 is 0 Å². The molecule has 0 fully saturated rings. The fourth-order valence-electron chi connectivity index (χ4n) is 1.82. The smallest absolute Gasteiger partial charge is 0.278 e. The van der Waals surface area contributed by atoms with E-state index in [1.54, 1.807) is 30.7 Å². The van der Waals surface area contributed by atoms with Gasteiger partial charge in [-0.2, -0.15) is 4.98 Å². The highest BCUT2D eigenvalue weighted by Crippen LogP contribution is 2.22. The lowest BCUT2D eigenvalue weighted by Gasteiger charge is -1.95. The molecular weight excluding hydrogens is 261 g/mol. The highest BCUT2D eigenvalue weighted by molar-refractivity contribution is 5.58. The van der Waals surface area contributed by atoms with Gasteiger partial charge in [-0.25, -0.2) is 9.37 Å². The number of nitrogens with two attached hydrogens (primary N) is 1. The van der Waals surface area contributed by atoms with Crippen molar-refractivity contribution in [2.45, 2.75) is 6.54 Å². The average Bonchev–Trinajstić information content (AvgIpc) is 3.08. The van der Waals surface area contributed by atoms with Crippen molar-refractivity contribution in [2.75, 3.05) is 6.54 Å². The molecule has 7 heteroatoms. The summed E-state index contributed by atoms with van der Waals surface area (Å²) in [7, 11) is 0. The molecule has 0 bridgehead atoms. The minimum absolute atomic E-state index is 0.200. The zero-order valence-corrected chi connectivity index (χ0v) is 10.5. The lowest BCUT2D eigenvalue weighted by Crippen LogP contribution is -2.07. The Labute approximate surface area is 114 Å². The highest BCUT2D eigenvalue weighted by atomic mass is 19.1. The molecule has 0 aliphatic rings. The van der Waals surface area contributed by atoms with Crippen molar-refractivity contribution >= 4 is 0 Å². The fraction of sp³-hybridized carbons (Fsp3) is 0.154. The quantitative estimate of drug-likeness (QED) is 0.782. The number of hydrogen-bond donors (Lipinski definition) is 1. The van der Waals surface area contributed by atoms with Crippen molar-refractivity contribution in [1.82, 2.24) is 19.7 Å². The normalized spacial score (nSPS) is 10.9. The maximum absolute atomic E-state index is 13.6. The van der Waals surface area contributed by atoms with Gasteiger partial charge in [-0.3, -0.25) is 0 Å². The molecule has 0 spiro atoms. The van der Waals surface area contributed by atoms with E-state index < -0.39 is 5.82 Å². The number of rotatable bonds is 4. The van der Waals surface area contributed by atoms with E-state index in [1.807, 2.05) is 4.57 Å². The van der Waals surface area contributed by atoms with Crippen LogP contribution in [0.4, 0.5) is 4.39 Å². The number of hydrogen-bond acceptors (Lipinski definition) is 5. The van der Waals surface area contributed by atoms with Gasteiger partial charge in [0.05, 0.1) is 11.9 Å².